The Hall–Kier alpha value is -4.67. The molecule has 11 heteroatoms. The molecule has 0 fully saturated rings. The van der Waals surface area contributed by atoms with Crippen LogP contribution in [-0.2, 0) is 11.3 Å². The van der Waals surface area contributed by atoms with E-state index in [4.69, 9.17) is 4.99 Å². The zero-order valence-corrected chi connectivity index (χ0v) is 24.7. The number of nitrogens with one attached hydrogen (secondary N) is 2. The van der Waals surface area contributed by atoms with Crippen LogP contribution in [0.5, 0.6) is 0 Å². The Morgan fingerprint density at radius 1 is 1.14 bits per heavy atom. The molecule has 1 aromatic carbocycles. The van der Waals surface area contributed by atoms with Crippen molar-refractivity contribution in [2.45, 2.75) is 58.3 Å². The summed E-state index contributed by atoms with van der Waals surface area (Å²) in [6, 6.07) is 11.0. The second-order valence-corrected chi connectivity index (χ2v) is 10.9. The SMILES string of the molecule is CC[C@@H]1C=C(Nc2ccc(C(=O)NCc3cccnc3C)cc2)N=C2C(C3=CCN(C(=O)CCC(F)(F)F)CC3)=CC=CN21. The topological polar surface area (TPSA) is 89.9 Å². The van der Waals surface area contributed by atoms with Gasteiger partial charge in [0.2, 0.25) is 5.91 Å². The minimum absolute atomic E-state index is 0.0515. The molecule has 0 bridgehead atoms. The lowest BCUT2D eigenvalue weighted by Crippen LogP contribution is -2.41. The van der Waals surface area contributed by atoms with Crippen molar-refractivity contribution < 1.29 is 22.8 Å². The number of hydrogen-bond donors (Lipinski definition) is 2. The number of hydrogen-bond acceptors (Lipinski definition) is 6. The van der Waals surface area contributed by atoms with Gasteiger partial charge in [0, 0.05) is 61.0 Å². The molecule has 1 aromatic heterocycles. The van der Waals surface area contributed by atoms with Crippen molar-refractivity contribution >= 4 is 23.3 Å². The molecule has 1 atom stereocenters. The summed E-state index contributed by atoms with van der Waals surface area (Å²) >= 11 is 0. The average molecular weight is 605 g/mol. The number of amidine groups is 1. The number of anilines is 1. The molecule has 0 spiro atoms. The van der Waals surface area contributed by atoms with Gasteiger partial charge in [-0.25, -0.2) is 4.99 Å². The maximum atomic E-state index is 12.7. The molecule has 4 heterocycles. The molecule has 0 saturated heterocycles. The number of carbonyl (C=O) groups excluding carboxylic acids is 2. The van der Waals surface area contributed by atoms with Gasteiger partial charge in [-0.15, -0.1) is 0 Å². The van der Waals surface area contributed by atoms with Crippen LogP contribution in [-0.4, -0.2) is 57.7 Å². The Labute approximate surface area is 254 Å². The van der Waals surface area contributed by atoms with Crippen molar-refractivity contribution in [2.75, 3.05) is 18.4 Å². The van der Waals surface area contributed by atoms with E-state index in [1.54, 1.807) is 18.3 Å². The Kier molecular flexibility index (Phi) is 9.32. The quantitative estimate of drug-likeness (QED) is 0.366. The lowest BCUT2D eigenvalue weighted by molar-refractivity contribution is -0.148. The predicted molar refractivity (Wildman–Crippen MR) is 163 cm³/mol. The first-order valence-electron chi connectivity index (χ1n) is 14.7. The summed E-state index contributed by atoms with van der Waals surface area (Å²) in [5.41, 5.74) is 5.09. The smallest absolute Gasteiger partial charge is 0.348 e. The van der Waals surface area contributed by atoms with E-state index in [9.17, 15) is 22.8 Å². The van der Waals surface area contributed by atoms with E-state index in [2.05, 4.69) is 33.5 Å². The molecule has 5 rings (SSSR count). The first-order valence-corrected chi connectivity index (χ1v) is 14.7. The van der Waals surface area contributed by atoms with Crippen LogP contribution in [0.15, 0.2) is 95.1 Å². The molecule has 3 aliphatic rings. The van der Waals surface area contributed by atoms with Gasteiger partial charge in [-0.05, 0) is 79.5 Å². The van der Waals surface area contributed by atoms with Crippen molar-refractivity contribution in [1.82, 2.24) is 20.1 Å². The summed E-state index contributed by atoms with van der Waals surface area (Å²) < 4.78 is 37.7. The number of aromatic nitrogens is 1. The number of rotatable bonds is 9. The number of fused-ring (bicyclic) bond motifs is 1. The molecule has 3 aliphatic heterocycles. The van der Waals surface area contributed by atoms with Crippen LogP contribution in [0.3, 0.4) is 0 Å². The van der Waals surface area contributed by atoms with Gasteiger partial charge in [0.25, 0.3) is 5.91 Å². The minimum atomic E-state index is -4.35. The van der Waals surface area contributed by atoms with E-state index >= 15 is 0 Å². The summed E-state index contributed by atoms with van der Waals surface area (Å²) in [7, 11) is 0. The molecule has 0 saturated carbocycles. The number of aryl methyl sites for hydroxylation is 1. The van der Waals surface area contributed by atoms with Gasteiger partial charge in [-0.2, -0.15) is 13.2 Å². The van der Waals surface area contributed by atoms with Crippen LogP contribution in [0, 0.1) is 6.92 Å². The zero-order chi connectivity index (χ0) is 31.3. The normalized spacial score (nSPS) is 18.1. The van der Waals surface area contributed by atoms with Crippen LogP contribution in [0.4, 0.5) is 18.9 Å². The van der Waals surface area contributed by atoms with Crippen LogP contribution in [0.2, 0.25) is 0 Å². The molecular weight excluding hydrogens is 569 g/mol. The highest BCUT2D eigenvalue weighted by atomic mass is 19.4. The summed E-state index contributed by atoms with van der Waals surface area (Å²) in [6.07, 6.45) is 6.99. The van der Waals surface area contributed by atoms with Crippen molar-refractivity contribution in [3.05, 3.63) is 107 Å². The van der Waals surface area contributed by atoms with Crippen LogP contribution in [0.25, 0.3) is 0 Å². The summed E-state index contributed by atoms with van der Waals surface area (Å²) in [5.74, 6) is 0.783. The number of benzene rings is 1. The third kappa shape index (κ3) is 7.45. The van der Waals surface area contributed by atoms with Crippen LogP contribution >= 0.6 is 0 Å². The largest absolute Gasteiger partial charge is 0.389 e. The number of pyridine rings is 1. The number of halogens is 3. The molecule has 8 nitrogen and oxygen atoms in total. The number of carbonyl (C=O) groups is 2. The lowest BCUT2D eigenvalue weighted by Gasteiger charge is -2.37. The third-order valence-electron chi connectivity index (χ3n) is 7.85. The Morgan fingerprint density at radius 2 is 1.93 bits per heavy atom. The molecule has 230 valence electrons. The molecule has 2 N–H and O–H groups in total. The van der Waals surface area contributed by atoms with Gasteiger partial charge in [-0.1, -0.05) is 19.1 Å². The van der Waals surface area contributed by atoms with E-state index in [1.165, 1.54) is 4.90 Å². The standard InChI is InChI=1S/C33H35F3N6O2/c1-3-27-20-29(39-26-10-8-24(9-11-26)32(44)38-21-25-6-4-16-37-22(25)2)40-31-28(7-5-17-42(27)31)23-13-18-41(19-14-23)30(43)12-15-33(34,35)36/h4-11,13,16-17,20,27,39H,3,12,14-15,18-19,21H2,1-2H3,(H,38,44)/t27-/m1/s1. The molecule has 2 aromatic rings. The van der Waals surface area contributed by atoms with Gasteiger partial charge < -0.3 is 20.4 Å². The van der Waals surface area contributed by atoms with E-state index in [0.29, 0.717) is 30.9 Å². The molecule has 0 radical (unpaired) electrons. The average Bonchev–Trinajstić information content (AvgIpc) is 3.02. The van der Waals surface area contributed by atoms with Gasteiger partial charge in [0.05, 0.1) is 12.5 Å². The predicted octanol–water partition coefficient (Wildman–Crippen LogP) is 6.02. The van der Waals surface area contributed by atoms with Crippen molar-refractivity contribution in [1.29, 1.82) is 0 Å². The first-order chi connectivity index (χ1) is 21.1. The second kappa shape index (κ2) is 13.3. The van der Waals surface area contributed by atoms with E-state index in [1.807, 2.05) is 55.6 Å². The summed E-state index contributed by atoms with van der Waals surface area (Å²) in [4.78, 5) is 37.8. The number of aliphatic imine (C=N–C) groups is 1. The lowest BCUT2D eigenvalue weighted by atomic mass is 9.94. The Balaban J connectivity index is 1.25. The zero-order valence-electron chi connectivity index (χ0n) is 24.7. The highest BCUT2D eigenvalue weighted by molar-refractivity contribution is 6.05. The van der Waals surface area contributed by atoms with Crippen molar-refractivity contribution in [3.8, 4) is 0 Å². The number of allylic oxidation sites excluding steroid dienone is 2. The summed E-state index contributed by atoms with van der Waals surface area (Å²) in [5, 5.41) is 6.31. The summed E-state index contributed by atoms with van der Waals surface area (Å²) in [6.45, 7) is 5.02. The molecular formula is C33H35F3N6O2. The van der Waals surface area contributed by atoms with E-state index in [0.717, 1.165) is 40.3 Å². The van der Waals surface area contributed by atoms with Crippen LogP contribution in [0.1, 0.15) is 54.2 Å². The van der Waals surface area contributed by atoms with E-state index in [-0.39, 0.29) is 18.5 Å². The van der Waals surface area contributed by atoms with E-state index < -0.39 is 24.9 Å². The Morgan fingerprint density at radius 3 is 2.61 bits per heavy atom. The maximum absolute atomic E-state index is 12.7. The number of nitrogens with zero attached hydrogens (tertiary/aromatic N) is 4. The fourth-order valence-corrected chi connectivity index (χ4v) is 5.33. The molecule has 0 unspecified atom stereocenters. The van der Waals surface area contributed by atoms with Crippen LogP contribution < -0.4 is 10.6 Å². The number of amides is 2. The van der Waals surface area contributed by atoms with Gasteiger partial charge in [-0.3, -0.25) is 14.6 Å². The monoisotopic (exact) mass is 604 g/mol. The van der Waals surface area contributed by atoms with Gasteiger partial charge in [0.1, 0.15) is 11.7 Å². The van der Waals surface area contributed by atoms with Gasteiger partial charge >= 0.3 is 6.18 Å². The molecule has 2 amide bonds. The second-order valence-electron chi connectivity index (χ2n) is 10.9. The first kappa shape index (κ1) is 30.8. The highest BCUT2D eigenvalue weighted by Crippen LogP contribution is 2.31. The van der Waals surface area contributed by atoms with Gasteiger partial charge in [0.15, 0.2) is 0 Å². The fraction of sp³-hybridized carbons (Fsp3) is 0.333. The highest BCUT2D eigenvalue weighted by Gasteiger charge is 2.32. The minimum Gasteiger partial charge on any atom is -0.348 e. The van der Waals surface area contributed by atoms with Crippen molar-refractivity contribution in [2.24, 2.45) is 4.99 Å². The fourth-order valence-electron chi connectivity index (χ4n) is 5.33. The molecule has 44 heavy (non-hydrogen) atoms. The van der Waals surface area contributed by atoms with Crippen molar-refractivity contribution in [3.63, 3.8) is 0 Å². The molecule has 0 aliphatic carbocycles. The third-order valence-corrected chi connectivity index (χ3v) is 7.85. The maximum Gasteiger partial charge on any atom is 0.389 e. The number of alkyl halides is 3. The Bertz CT molecular complexity index is 1560.